The van der Waals surface area contributed by atoms with Crippen molar-refractivity contribution in [3.63, 3.8) is 0 Å². The van der Waals surface area contributed by atoms with Crippen molar-refractivity contribution >= 4 is 17.8 Å². The highest BCUT2D eigenvalue weighted by Gasteiger charge is 2.19. The molecule has 21 heavy (non-hydrogen) atoms. The molecule has 114 valence electrons. The molecule has 0 atom stereocenters. The van der Waals surface area contributed by atoms with Crippen molar-refractivity contribution in [3.05, 3.63) is 35.6 Å². The minimum Gasteiger partial charge on any atom is -0.481 e. The molecule has 0 aliphatic carbocycles. The van der Waals surface area contributed by atoms with E-state index in [4.69, 9.17) is 10.2 Å². The van der Waals surface area contributed by atoms with Crippen LogP contribution < -0.4 is 0 Å². The predicted octanol–water partition coefficient (Wildman–Crippen LogP) is 1.61. The Balaban J connectivity index is 2.78. The number of carbonyl (C=O) groups excluding carboxylic acids is 1. The molecule has 0 radical (unpaired) electrons. The van der Waals surface area contributed by atoms with Crippen LogP contribution in [0.15, 0.2) is 24.3 Å². The highest BCUT2D eigenvalue weighted by Crippen LogP contribution is 2.11. The van der Waals surface area contributed by atoms with Crippen LogP contribution in [0.2, 0.25) is 0 Å². The Hall–Kier alpha value is -2.44. The van der Waals surface area contributed by atoms with Crippen molar-refractivity contribution in [2.75, 3.05) is 13.1 Å². The van der Waals surface area contributed by atoms with Gasteiger partial charge in [-0.05, 0) is 18.6 Å². The molecule has 0 fully saturated rings. The number of halogens is 1. The summed E-state index contributed by atoms with van der Waals surface area (Å²) in [4.78, 5) is 34.5. The van der Waals surface area contributed by atoms with Crippen molar-refractivity contribution in [2.45, 2.75) is 19.3 Å². The van der Waals surface area contributed by atoms with Gasteiger partial charge in [0.1, 0.15) is 5.82 Å². The van der Waals surface area contributed by atoms with E-state index in [1.165, 1.54) is 18.2 Å². The standard InChI is InChI=1S/C14H16FNO5/c15-11-5-2-1-4-10(11)14(21)16(9-7-13(19)20)8-3-6-12(17)18/h1-2,4-5H,3,6-9H2,(H,17,18)(H,19,20). The van der Waals surface area contributed by atoms with E-state index in [-0.39, 0.29) is 37.9 Å². The molecule has 0 saturated heterocycles. The van der Waals surface area contributed by atoms with E-state index in [0.717, 1.165) is 11.0 Å². The van der Waals surface area contributed by atoms with E-state index in [1.54, 1.807) is 0 Å². The summed E-state index contributed by atoms with van der Waals surface area (Å²) in [5, 5.41) is 17.3. The first-order chi connectivity index (χ1) is 9.91. The van der Waals surface area contributed by atoms with Gasteiger partial charge >= 0.3 is 11.9 Å². The molecule has 0 saturated carbocycles. The predicted molar refractivity (Wildman–Crippen MR) is 71.4 cm³/mol. The Bertz CT molecular complexity index is 532. The molecule has 0 aliphatic heterocycles. The fourth-order valence-corrected chi connectivity index (χ4v) is 1.77. The number of carboxylic acids is 2. The van der Waals surface area contributed by atoms with Crippen molar-refractivity contribution in [1.29, 1.82) is 0 Å². The van der Waals surface area contributed by atoms with E-state index in [0.29, 0.717) is 0 Å². The molecule has 0 aromatic heterocycles. The third-order valence-electron chi connectivity index (χ3n) is 2.81. The van der Waals surface area contributed by atoms with Gasteiger partial charge in [0.2, 0.25) is 0 Å². The van der Waals surface area contributed by atoms with E-state index in [1.807, 2.05) is 0 Å². The van der Waals surface area contributed by atoms with E-state index < -0.39 is 23.7 Å². The summed E-state index contributed by atoms with van der Waals surface area (Å²) in [7, 11) is 0. The fraction of sp³-hybridized carbons (Fsp3) is 0.357. The number of carbonyl (C=O) groups is 3. The number of carboxylic acid groups (broad SMARTS) is 2. The zero-order valence-electron chi connectivity index (χ0n) is 11.3. The number of amides is 1. The summed E-state index contributed by atoms with van der Waals surface area (Å²) >= 11 is 0. The Morgan fingerprint density at radius 2 is 1.62 bits per heavy atom. The highest BCUT2D eigenvalue weighted by atomic mass is 19.1. The van der Waals surface area contributed by atoms with Crippen molar-refractivity contribution in [2.24, 2.45) is 0 Å². The molecule has 1 amide bonds. The highest BCUT2D eigenvalue weighted by molar-refractivity contribution is 5.94. The molecule has 2 N–H and O–H groups in total. The third kappa shape index (κ3) is 5.60. The van der Waals surface area contributed by atoms with Gasteiger partial charge in [-0.3, -0.25) is 14.4 Å². The summed E-state index contributed by atoms with van der Waals surface area (Å²) in [6.07, 6.45) is -0.253. The lowest BCUT2D eigenvalue weighted by molar-refractivity contribution is -0.138. The van der Waals surface area contributed by atoms with Crippen LogP contribution in [0.25, 0.3) is 0 Å². The first-order valence-corrected chi connectivity index (χ1v) is 6.39. The molecule has 0 aliphatic rings. The van der Waals surface area contributed by atoms with Gasteiger partial charge in [0.25, 0.3) is 5.91 Å². The second kappa shape index (κ2) is 7.98. The van der Waals surface area contributed by atoms with Crippen molar-refractivity contribution in [1.82, 2.24) is 4.90 Å². The smallest absolute Gasteiger partial charge is 0.305 e. The van der Waals surface area contributed by atoms with Gasteiger partial charge < -0.3 is 15.1 Å². The number of hydrogen-bond acceptors (Lipinski definition) is 3. The number of benzene rings is 1. The topological polar surface area (TPSA) is 94.9 Å². The van der Waals surface area contributed by atoms with E-state index in [9.17, 15) is 18.8 Å². The van der Waals surface area contributed by atoms with Crippen LogP contribution in [-0.2, 0) is 9.59 Å². The van der Waals surface area contributed by atoms with Crippen molar-refractivity contribution < 1.29 is 29.0 Å². The normalized spacial score (nSPS) is 10.1. The van der Waals surface area contributed by atoms with Gasteiger partial charge in [-0.2, -0.15) is 0 Å². The molecule has 0 bridgehead atoms. The van der Waals surface area contributed by atoms with Crippen LogP contribution in [-0.4, -0.2) is 46.0 Å². The first-order valence-electron chi connectivity index (χ1n) is 6.39. The van der Waals surface area contributed by atoms with Gasteiger partial charge in [-0.1, -0.05) is 12.1 Å². The number of nitrogens with zero attached hydrogens (tertiary/aromatic N) is 1. The SMILES string of the molecule is O=C(O)CCCN(CCC(=O)O)C(=O)c1ccccc1F. The summed E-state index contributed by atoms with van der Waals surface area (Å²) in [6, 6.07) is 5.39. The van der Waals surface area contributed by atoms with Crippen molar-refractivity contribution in [3.8, 4) is 0 Å². The molecule has 1 rings (SSSR count). The van der Waals surface area contributed by atoms with Crippen LogP contribution in [0.1, 0.15) is 29.6 Å². The lowest BCUT2D eigenvalue weighted by atomic mass is 10.1. The zero-order valence-corrected chi connectivity index (χ0v) is 11.3. The van der Waals surface area contributed by atoms with Gasteiger partial charge in [-0.15, -0.1) is 0 Å². The van der Waals surface area contributed by atoms with Crippen LogP contribution in [0.4, 0.5) is 4.39 Å². The Labute approximate surface area is 120 Å². The summed E-state index contributed by atoms with van der Waals surface area (Å²) in [6.45, 7) is -0.0329. The van der Waals surface area contributed by atoms with Gasteiger partial charge in [0.05, 0.1) is 12.0 Å². The van der Waals surface area contributed by atoms with Gasteiger partial charge in [0.15, 0.2) is 0 Å². The molecular formula is C14H16FNO5. The zero-order chi connectivity index (χ0) is 15.8. The van der Waals surface area contributed by atoms with Crippen LogP contribution in [0, 0.1) is 5.82 Å². The number of rotatable bonds is 8. The lowest BCUT2D eigenvalue weighted by Gasteiger charge is -2.22. The first kappa shape index (κ1) is 16.6. The molecule has 1 aromatic carbocycles. The summed E-state index contributed by atoms with van der Waals surface area (Å²) in [5.41, 5.74) is -0.154. The second-order valence-corrected chi connectivity index (χ2v) is 4.41. The molecule has 0 spiro atoms. The van der Waals surface area contributed by atoms with Gasteiger partial charge in [0, 0.05) is 19.5 Å². The third-order valence-corrected chi connectivity index (χ3v) is 2.81. The maximum Gasteiger partial charge on any atom is 0.305 e. The average Bonchev–Trinajstić information content (AvgIpc) is 2.41. The Morgan fingerprint density at radius 1 is 1.00 bits per heavy atom. The monoisotopic (exact) mass is 297 g/mol. The molecule has 6 nitrogen and oxygen atoms in total. The van der Waals surface area contributed by atoms with Crippen LogP contribution >= 0.6 is 0 Å². The van der Waals surface area contributed by atoms with Crippen LogP contribution in [0.5, 0.6) is 0 Å². The molecule has 0 heterocycles. The molecular weight excluding hydrogens is 281 g/mol. The number of hydrogen-bond donors (Lipinski definition) is 2. The molecule has 7 heteroatoms. The fourth-order valence-electron chi connectivity index (χ4n) is 1.77. The maximum absolute atomic E-state index is 13.6. The Morgan fingerprint density at radius 3 is 2.19 bits per heavy atom. The second-order valence-electron chi connectivity index (χ2n) is 4.41. The summed E-state index contributed by atoms with van der Waals surface area (Å²) in [5.74, 6) is -3.42. The minimum atomic E-state index is -1.08. The molecule has 1 aromatic rings. The average molecular weight is 297 g/mol. The lowest BCUT2D eigenvalue weighted by Crippen LogP contribution is -2.34. The maximum atomic E-state index is 13.6. The van der Waals surface area contributed by atoms with Gasteiger partial charge in [-0.25, -0.2) is 4.39 Å². The van der Waals surface area contributed by atoms with Crippen LogP contribution in [0.3, 0.4) is 0 Å². The van der Waals surface area contributed by atoms with E-state index in [2.05, 4.69) is 0 Å². The quantitative estimate of drug-likeness (QED) is 0.760. The summed E-state index contributed by atoms with van der Waals surface area (Å²) < 4.78 is 13.6. The minimum absolute atomic E-state index is 0.0622. The molecule has 0 unspecified atom stereocenters. The largest absolute Gasteiger partial charge is 0.481 e. The number of aliphatic carboxylic acids is 2. The van der Waals surface area contributed by atoms with E-state index >= 15 is 0 Å². The Kier molecular flexibility index (Phi) is 6.32.